The molecule has 0 fully saturated rings. The fourth-order valence-electron chi connectivity index (χ4n) is 4.00. The normalized spacial score (nSPS) is 11.1. The number of benzene rings is 4. The van der Waals surface area contributed by atoms with Gasteiger partial charge in [-0.25, -0.2) is 13.2 Å². The van der Waals surface area contributed by atoms with E-state index < -0.39 is 17.5 Å². The van der Waals surface area contributed by atoms with Crippen LogP contribution in [0.1, 0.15) is 37.3 Å². The third-order valence-corrected chi connectivity index (χ3v) is 6.25. The van der Waals surface area contributed by atoms with Crippen LogP contribution in [-0.2, 0) is 0 Å². The minimum absolute atomic E-state index is 0.147. The Kier molecular flexibility index (Phi) is 9.63. The summed E-state index contributed by atoms with van der Waals surface area (Å²) in [5.41, 5.74) is 3.25. The van der Waals surface area contributed by atoms with Gasteiger partial charge in [-0.05, 0) is 59.4 Å². The molecule has 0 aliphatic rings. The van der Waals surface area contributed by atoms with Gasteiger partial charge in [0.1, 0.15) is 5.75 Å². The zero-order valence-electron chi connectivity index (χ0n) is 21.9. The van der Waals surface area contributed by atoms with Crippen LogP contribution in [-0.4, -0.2) is 13.2 Å². The Bertz CT molecular complexity index is 1420. The molecule has 0 saturated heterocycles. The molecule has 5 heteroatoms. The first-order chi connectivity index (χ1) is 19.0. The molecule has 0 aliphatic carbocycles. The van der Waals surface area contributed by atoms with Gasteiger partial charge in [-0.1, -0.05) is 86.2 Å². The highest BCUT2D eigenvalue weighted by atomic mass is 19.2. The maximum Gasteiger partial charge on any atom is 0.167 e. The molecule has 4 aromatic rings. The summed E-state index contributed by atoms with van der Waals surface area (Å²) in [6.45, 7) is 6.71. The molecule has 39 heavy (non-hydrogen) atoms. The van der Waals surface area contributed by atoms with E-state index >= 15 is 0 Å². The second kappa shape index (κ2) is 13.5. The lowest BCUT2D eigenvalue weighted by Gasteiger charge is -2.09. The van der Waals surface area contributed by atoms with Gasteiger partial charge < -0.3 is 9.47 Å². The first-order valence-electron chi connectivity index (χ1n) is 13.0. The van der Waals surface area contributed by atoms with Crippen molar-refractivity contribution in [3.8, 4) is 33.8 Å². The van der Waals surface area contributed by atoms with E-state index in [1.807, 2.05) is 24.3 Å². The van der Waals surface area contributed by atoms with Gasteiger partial charge in [-0.3, -0.25) is 0 Å². The Balaban J connectivity index is 1.44. The van der Waals surface area contributed by atoms with E-state index in [0.717, 1.165) is 24.0 Å². The van der Waals surface area contributed by atoms with Gasteiger partial charge in [0.15, 0.2) is 23.2 Å². The quantitative estimate of drug-likeness (QED) is 0.104. The number of hydrogen-bond donors (Lipinski definition) is 0. The van der Waals surface area contributed by atoms with E-state index in [9.17, 15) is 13.2 Å². The molecule has 0 saturated carbocycles. The van der Waals surface area contributed by atoms with Crippen LogP contribution >= 0.6 is 0 Å². The van der Waals surface area contributed by atoms with Gasteiger partial charge in [-0.15, -0.1) is 6.58 Å². The smallest absolute Gasteiger partial charge is 0.167 e. The minimum atomic E-state index is -0.908. The van der Waals surface area contributed by atoms with E-state index in [4.69, 9.17) is 9.47 Å². The van der Waals surface area contributed by atoms with Crippen LogP contribution in [0.2, 0.25) is 0 Å². The summed E-state index contributed by atoms with van der Waals surface area (Å²) < 4.78 is 55.3. The monoisotopic (exact) mass is 528 g/mol. The van der Waals surface area contributed by atoms with E-state index in [1.54, 1.807) is 60.7 Å². The van der Waals surface area contributed by atoms with Crippen molar-refractivity contribution in [3.63, 3.8) is 0 Å². The van der Waals surface area contributed by atoms with Crippen LogP contribution in [0.5, 0.6) is 11.5 Å². The minimum Gasteiger partial charge on any atom is -0.494 e. The average molecular weight is 529 g/mol. The van der Waals surface area contributed by atoms with Crippen molar-refractivity contribution in [2.45, 2.75) is 26.2 Å². The zero-order chi connectivity index (χ0) is 27.6. The van der Waals surface area contributed by atoms with Crippen molar-refractivity contribution in [1.29, 1.82) is 0 Å². The molecule has 0 bridgehead atoms. The Morgan fingerprint density at radius 3 is 2.13 bits per heavy atom. The van der Waals surface area contributed by atoms with Crippen LogP contribution in [0, 0.1) is 17.5 Å². The second-order valence-corrected chi connectivity index (χ2v) is 9.08. The molecule has 4 aromatic carbocycles. The van der Waals surface area contributed by atoms with Gasteiger partial charge in [0.25, 0.3) is 0 Å². The lowest BCUT2D eigenvalue weighted by molar-refractivity contribution is 0.308. The molecule has 0 unspecified atom stereocenters. The predicted molar refractivity (Wildman–Crippen MR) is 153 cm³/mol. The Morgan fingerprint density at radius 1 is 0.718 bits per heavy atom. The molecule has 0 heterocycles. The zero-order valence-corrected chi connectivity index (χ0v) is 21.9. The number of hydrogen-bond acceptors (Lipinski definition) is 2. The summed E-state index contributed by atoms with van der Waals surface area (Å²) in [5.74, 6) is -1.33. The van der Waals surface area contributed by atoms with Gasteiger partial charge in [0.05, 0.1) is 13.2 Å². The Labute approximate surface area is 228 Å². The van der Waals surface area contributed by atoms with Crippen molar-refractivity contribution in [3.05, 3.63) is 120 Å². The Morgan fingerprint density at radius 2 is 1.44 bits per heavy atom. The number of halogens is 3. The first kappa shape index (κ1) is 27.8. The van der Waals surface area contributed by atoms with E-state index in [1.165, 1.54) is 12.1 Å². The van der Waals surface area contributed by atoms with Crippen molar-refractivity contribution >= 4 is 12.2 Å². The summed E-state index contributed by atoms with van der Waals surface area (Å²) >= 11 is 0. The van der Waals surface area contributed by atoms with Crippen LogP contribution in [0.15, 0.2) is 91.5 Å². The maximum atomic E-state index is 14.9. The first-order valence-corrected chi connectivity index (χ1v) is 13.0. The summed E-state index contributed by atoms with van der Waals surface area (Å²) in [7, 11) is 0. The fraction of sp³-hybridized carbons (Fsp3) is 0.176. The molecule has 0 amide bonds. The van der Waals surface area contributed by atoms with Crippen molar-refractivity contribution in [2.24, 2.45) is 0 Å². The summed E-state index contributed by atoms with van der Waals surface area (Å²) in [4.78, 5) is 0. The highest BCUT2D eigenvalue weighted by Gasteiger charge is 2.14. The van der Waals surface area contributed by atoms with Gasteiger partial charge in [0, 0.05) is 11.1 Å². The van der Waals surface area contributed by atoms with Crippen molar-refractivity contribution in [1.82, 2.24) is 0 Å². The van der Waals surface area contributed by atoms with Crippen LogP contribution in [0.4, 0.5) is 13.2 Å². The largest absolute Gasteiger partial charge is 0.494 e. The highest BCUT2D eigenvalue weighted by Crippen LogP contribution is 2.30. The summed E-state index contributed by atoms with van der Waals surface area (Å²) in [5, 5.41) is 0. The highest BCUT2D eigenvalue weighted by molar-refractivity contribution is 5.74. The SMILES string of the molecule is C=CCCOc1ccc(-c2ccc(/C=C/c3ccc(-c4ccc(OCCCC)cc4)c(F)c3F)cc2)cc1F. The van der Waals surface area contributed by atoms with Gasteiger partial charge >= 0.3 is 0 Å². The molecule has 0 aromatic heterocycles. The average Bonchev–Trinajstić information content (AvgIpc) is 2.96. The van der Waals surface area contributed by atoms with E-state index in [0.29, 0.717) is 36.5 Å². The maximum absolute atomic E-state index is 14.9. The molecule has 0 atom stereocenters. The predicted octanol–water partition coefficient (Wildman–Crippen LogP) is 9.74. The Hall–Kier alpha value is -4.25. The summed E-state index contributed by atoms with van der Waals surface area (Å²) in [6, 6.07) is 22.3. The number of unbranched alkanes of at least 4 members (excludes halogenated alkanes) is 1. The molecular weight excluding hydrogens is 497 g/mol. The molecule has 4 rings (SSSR count). The molecular formula is C34H31F3O2. The van der Waals surface area contributed by atoms with Crippen molar-refractivity contribution in [2.75, 3.05) is 13.2 Å². The van der Waals surface area contributed by atoms with Gasteiger partial charge in [-0.2, -0.15) is 0 Å². The van der Waals surface area contributed by atoms with E-state index in [-0.39, 0.29) is 16.9 Å². The topological polar surface area (TPSA) is 18.5 Å². The lowest BCUT2D eigenvalue weighted by atomic mass is 10.0. The fourth-order valence-corrected chi connectivity index (χ4v) is 4.00. The number of ether oxygens (including phenoxy) is 2. The molecule has 0 aliphatic heterocycles. The second-order valence-electron chi connectivity index (χ2n) is 9.08. The third kappa shape index (κ3) is 7.20. The lowest BCUT2D eigenvalue weighted by Crippen LogP contribution is -1.97. The molecule has 2 nitrogen and oxygen atoms in total. The van der Waals surface area contributed by atoms with E-state index in [2.05, 4.69) is 13.5 Å². The molecule has 0 N–H and O–H groups in total. The molecule has 0 radical (unpaired) electrons. The van der Waals surface area contributed by atoms with Crippen LogP contribution < -0.4 is 9.47 Å². The molecule has 0 spiro atoms. The van der Waals surface area contributed by atoms with Crippen LogP contribution in [0.25, 0.3) is 34.4 Å². The molecule has 200 valence electrons. The summed E-state index contributed by atoms with van der Waals surface area (Å²) in [6.07, 6.45) is 7.60. The van der Waals surface area contributed by atoms with Gasteiger partial charge in [0.2, 0.25) is 0 Å². The third-order valence-electron chi connectivity index (χ3n) is 6.25. The van der Waals surface area contributed by atoms with Crippen LogP contribution in [0.3, 0.4) is 0 Å². The van der Waals surface area contributed by atoms with Crippen molar-refractivity contribution < 1.29 is 22.6 Å². The number of rotatable bonds is 12. The standard InChI is InChI=1S/C34H31F3O2/c1-3-5-21-38-29-17-13-26(14-18-29)30-19-15-27(33(36)34(30)37)12-9-24-7-10-25(11-8-24)28-16-20-32(31(35)23-28)39-22-6-4-2/h4,7-20,23H,2-3,5-6,21-22H2,1H3/b12-9+.